The molecule has 6 nitrogen and oxygen atoms in total. The second-order valence-electron chi connectivity index (χ2n) is 7.55. The zero-order chi connectivity index (χ0) is 21.2. The molecule has 2 aromatic carbocycles. The van der Waals surface area contributed by atoms with Crippen molar-refractivity contribution in [3.05, 3.63) is 64.8 Å². The Kier molecular flexibility index (Phi) is 5.84. The zero-order valence-corrected chi connectivity index (χ0v) is 17.9. The lowest BCUT2D eigenvalue weighted by molar-refractivity contribution is 0.102. The largest absolute Gasteiger partial charge is 0.497 e. The third kappa shape index (κ3) is 4.38. The van der Waals surface area contributed by atoms with E-state index in [0.717, 1.165) is 5.69 Å². The van der Waals surface area contributed by atoms with E-state index in [1.165, 1.54) is 7.11 Å². The van der Waals surface area contributed by atoms with Crippen LogP contribution < -0.4 is 14.8 Å². The number of carbonyl (C=O) groups excluding carboxylic acids is 1. The monoisotopic (exact) mass is 413 g/mol. The van der Waals surface area contributed by atoms with Crippen molar-refractivity contribution in [2.24, 2.45) is 0 Å². The van der Waals surface area contributed by atoms with Crippen molar-refractivity contribution in [2.45, 2.75) is 26.2 Å². The van der Waals surface area contributed by atoms with E-state index in [-0.39, 0.29) is 11.3 Å². The van der Waals surface area contributed by atoms with Crippen molar-refractivity contribution in [3.63, 3.8) is 0 Å². The van der Waals surface area contributed by atoms with E-state index in [1.54, 1.807) is 36.1 Å². The first-order valence-electron chi connectivity index (χ1n) is 9.13. The molecule has 0 saturated heterocycles. The molecule has 0 radical (unpaired) electrons. The molecule has 0 saturated carbocycles. The first-order valence-corrected chi connectivity index (χ1v) is 9.51. The van der Waals surface area contributed by atoms with Gasteiger partial charge in [0.25, 0.3) is 5.91 Å². The van der Waals surface area contributed by atoms with Crippen molar-refractivity contribution in [1.29, 1.82) is 0 Å². The number of hydrogen-bond donors (Lipinski definition) is 1. The number of nitrogens with zero attached hydrogens (tertiary/aromatic N) is 2. The number of anilines is 1. The summed E-state index contributed by atoms with van der Waals surface area (Å²) in [7, 11) is 3.07. The molecule has 1 N–H and O–H groups in total. The summed E-state index contributed by atoms with van der Waals surface area (Å²) in [5.41, 5.74) is 1.69. The number of benzene rings is 2. The van der Waals surface area contributed by atoms with Crippen molar-refractivity contribution in [1.82, 2.24) is 9.78 Å². The highest BCUT2D eigenvalue weighted by Gasteiger charge is 2.23. The lowest BCUT2D eigenvalue weighted by atomic mass is 9.92. The van der Waals surface area contributed by atoms with Crippen LogP contribution >= 0.6 is 11.6 Å². The van der Waals surface area contributed by atoms with Gasteiger partial charge in [-0.3, -0.25) is 4.79 Å². The topological polar surface area (TPSA) is 65.4 Å². The first-order chi connectivity index (χ1) is 13.7. The van der Waals surface area contributed by atoms with Gasteiger partial charge in [-0.15, -0.1) is 0 Å². The average molecular weight is 414 g/mol. The molecule has 1 aromatic heterocycles. The number of carbonyl (C=O) groups is 1. The first kappa shape index (κ1) is 20.7. The lowest BCUT2D eigenvalue weighted by Gasteiger charge is -2.14. The second kappa shape index (κ2) is 8.17. The SMILES string of the molecule is COc1ccc(C(=O)Nc2cc(C(C)(C)C)nn2-c2ccccc2Cl)c(OC)c1. The van der Waals surface area contributed by atoms with Crippen molar-refractivity contribution < 1.29 is 14.3 Å². The van der Waals surface area contributed by atoms with Crippen molar-refractivity contribution in [3.8, 4) is 17.2 Å². The Morgan fingerprint density at radius 3 is 2.41 bits per heavy atom. The van der Waals surface area contributed by atoms with Crippen LogP contribution in [0.4, 0.5) is 5.82 Å². The predicted molar refractivity (Wildman–Crippen MR) is 115 cm³/mol. The number of methoxy groups -OCH3 is 2. The fourth-order valence-electron chi connectivity index (χ4n) is 2.81. The molecule has 0 aliphatic rings. The Morgan fingerprint density at radius 2 is 1.79 bits per heavy atom. The van der Waals surface area contributed by atoms with E-state index in [9.17, 15) is 4.79 Å². The van der Waals surface area contributed by atoms with Gasteiger partial charge in [0.2, 0.25) is 0 Å². The molecule has 1 heterocycles. The van der Waals surface area contributed by atoms with Gasteiger partial charge in [0, 0.05) is 17.5 Å². The minimum Gasteiger partial charge on any atom is -0.497 e. The predicted octanol–water partition coefficient (Wildman–Crippen LogP) is 5.09. The Hall–Kier alpha value is -2.99. The van der Waals surface area contributed by atoms with Crippen LogP contribution in [0.3, 0.4) is 0 Å². The highest BCUT2D eigenvalue weighted by atomic mass is 35.5. The summed E-state index contributed by atoms with van der Waals surface area (Å²) in [5.74, 6) is 1.22. The van der Waals surface area contributed by atoms with E-state index in [2.05, 4.69) is 26.1 Å². The number of nitrogens with one attached hydrogen (secondary N) is 1. The molecular weight excluding hydrogens is 390 g/mol. The summed E-state index contributed by atoms with van der Waals surface area (Å²) in [6, 6.07) is 14.3. The fraction of sp³-hybridized carbons (Fsp3) is 0.273. The number of hydrogen-bond acceptors (Lipinski definition) is 4. The summed E-state index contributed by atoms with van der Waals surface area (Å²) in [6.45, 7) is 6.18. The van der Waals surface area contributed by atoms with Crippen molar-refractivity contribution >= 4 is 23.3 Å². The molecular formula is C22H24ClN3O3. The van der Waals surface area contributed by atoms with Crippen LogP contribution in [0.2, 0.25) is 5.02 Å². The van der Waals surface area contributed by atoms with Crippen molar-refractivity contribution in [2.75, 3.05) is 19.5 Å². The van der Waals surface area contributed by atoms with E-state index < -0.39 is 0 Å². The van der Waals surface area contributed by atoms with Gasteiger partial charge in [0.1, 0.15) is 17.3 Å². The van der Waals surface area contributed by atoms with E-state index in [1.807, 2.05) is 24.3 Å². The fourth-order valence-corrected chi connectivity index (χ4v) is 3.03. The highest BCUT2D eigenvalue weighted by Crippen LogP contribution is 2.30. The number of rotatable bonds is 5. The van der Waals surface area contributed by atoms with Gasteiger partial charge in [0.05, 0.1) is 36.2 Å². The molecule has 29 heavy (non-hydrogen) atoms. The second-order valence-corrected chi connectivity index (χ2v) is 7.96. The van der Waals surface area contributed by atoms with Gasteiger partial charge < -0.3 is 14.8 Å². The number of halogens is 1. The van der Waals surface area contributed by atoms with E-state index in [4.69, 9.17) is 26.2 Å². The molecule has 0 aliphatic heterocycles. The van der Waals surface area contributed by atoms with Gasteiger partial charge in [0.15, 0.2) is 0 Å². The van der Waals surface area contributed by atoms with Gasteiger partial charge in [-0.2, -0.15) is 5.10 Å². The minimum absolute atomic E-state index is 0.205. The van der Waals surface area contributed by atoms with Gasteiger partial charge in [-0.05, 0) is 24.3 Å². The van der Waals surface area contributed by atoms with Crippen LogP contribution in [0.5, 0.6) is 11.5 Å². The molecule has 0 atom stereocenters. The molecule has 0 unspecified atom stereocenters. The molecule has 0 spiro atoms. The maximum Gasteiger partial charge on any atom is 0.260 e. The summed E-state index contributed by atoms with van der Waals surface area (Å²) in [4.78, 5) is 13.0. The minimum atomic E-state index is -0.321. The molecule has 3 aromatic rings. The van der Waals surface area contributed by atoms with Gasteiger partial charge in [-0.25, -0.2) is 4.68 Å². The Bertz CT molecular complexity index is 1040. The summed E-state index contributed by atoms with van der Waals surface area (Å²) < 4.78 is 12.2. The van der Waals surface area contributed by atoms with Gasteiger partial charge >= 0.3 is 0 Å². The molecule has 0 aliphatic carbocycles. The smallest absolute Gasteiger partial charge is 0.260 e. The summed E-state index contributed by atoms with van der Waals surface area (Å²) in [6.07, 6.45) is 0. The Labute approximate surface area is 175 Å². The molecule has 0 fully saturated rings. The lowest BCUT2D eigenvalue weighted by Crippen LogP contribution is -2.16. The maximum atomic E-state index is 13.0. The molecule has 0 bridgehead atoms. The normalized spacial score (nSPS) is 11.2. The Balaban J connectivity index is 2.04. The maximum absolute atomic E-state index is 13.0. The number of amides is 1. The number of para-hydroxylation sites is 1. The van der Waals surface area contributed by atoms with Gasteiger partial charge in [-0.1, -0.05) is 44.5 Å². The molecule has 7 heteroatoms. The average Bonchev–Trinajstić information content (AvgIpc) is 3.11. The van der Waals surface area contributed by atoms with Crippen LogP contribution in [0.15, 0.2) is 48.5 Å². The number of ether oxygens (including phenoxy) is 2. The summed E-state index contributed by atoms with van der Waals surface area (Å²) >= 11 is 6.38. The molecule has 1 amide bonds. The summed E-state index contributed by atoms with van der Waals surface area (Å²) in [5, 5.41) is 8.17. The standard InChI is InChI=1S/C22H24ClN3O3/c1-22(2,3)19-13-20(26(25-19)17-9-7-6-8-16(17)23)24-21(27)15-11-10-14(28-4)12-18(15)29-5/h6-13H,1-5H3,(H,24,27). The van der Waals surface area contributed by atoms with Crippen LogP contribution in [-0.2, 0) is 5.41 Å². The van der Waals surface area contributed by atoms with Crippen LogP contribution in [-0.4, -0.2) is 29.9 Å². The molecule has 152 valence electrons. The Morgan fingerprint density at radius 1 is 1.07 bits per heavy atom. The van der Waals surface area contributed by atoms with Crippen LogP contribution in [0.25, 0.3) is 5.69 Å². The zero-order valence-electron chi connectivity index (χ0n) is 17.1. The van der Waals surface area contributed by atoms with E-state index >= 15 is 0 Å². The quantitative estimate of drug-likeness (QED) is 0.632. The third-order valence-electron chi connectivity index (χ3n) is 4.45. The van der Waals surface area contributed by atoms with E-state index in [0.29, 0.717) is 33.6 Å². The van der Waals surface area contributed by atoms with Crippen LogP contribution in [0.1, 0.15) is 36.8 Å². The molecule has 3 rings (SSSR count). The number of aromatic nitrogens is 2. The highest BCUT2D eigenvalue weighted by molar-refractivity contribution is 6.32. The third-order valence-corrected chi connectivity index (χ3v) is 4.77. The van der Waals surface area contributed by atoms with Crippen LogP contribution in [0, 0.1) is 0 Å².